The third-order valence-corrected chi connectivity index (χ3v) is 3.65. The molecule has 2 aromatic rings. The first-order chi connectivity index (χ1) is 8.74. The lowest BCUT2D eigenvalue weighted by Crippen LogP contribution is -2.23. The van der Waals surface area contributed by atoms with Gasteiger partial charge in [0.15, 0.2) is 0 Å². The first kappa shape index (κ1) is 11.1. The van der Waals surface area contributed by atoms with Crippen molar-refractivity contribution in [2.24, 2.45) is 0 Å². The number of Topliss-reactive ketones (excluding diaryl/α,β-unsaturated/α-hetero) is 2. The first-order valence-corrected chi connectivity index (χ1v) is 6.27. The third-order valence-electron chi connectivity index (χ3n) is 3.65. The van der Waals surface area contributed by atoms with Crippen LogP contribution in [0.1, 0.15) is 30.7 Å². The van der Waals surface area contributed by atoms with E-state index in [-0.39, 0.29) is 17.5 Å². The van der Waals surface area contributed by atoms with Gasteiger partial charge in [-0.25, -0.2) is 0 Å². The molecule has 0 N–H and O–H groups in total. The Balaban J connectivity index is 2.03. The summed E-state index contributed by atoms with van der Waals surface area (Å²) in [6, 6.07) is 14.1. The molecule has 0 saturated heterocycles. The van der Waals surface area contributed by atoms with E-state index in [2.05, 4.69) is 0 Å². The number of carbonyl (C=O) groups is 2. The van der Waals surface area contributed by atoms with Gasteiger partial charge in [0.25, 0.3) is 0 Å². The lowest BCUT2D eigenvalue weighted by atomic mass is 9.82. The van der Waals surface area contributed by atoms with Crippen LogP contribution in [0.25, 0.3) is 10.8 Å². The van der Waals surface area contributed by atoms with Crippen LogP contribution >= 0.6 is 0 Å². The lowest BCUT2D eigenvalue weighted by molar-refractivity contribution is -0.130. The summed E-state index contributed by atoms with van der Waals surface area (Å²) in [6.45, 7) is 0. The second-order valence-corrected chi connectivity index (χ2v) is 4.87. The van der Waals surface area contributed by atoms with Crippen LogP contribution in [0.2, 0.25) is 0 Å². The molecule has 0 spiro atoms. The minimum absolute atomic E-state index is 0.199. The van der Waals surface area contributed by atoms with E-state index >= 15 is 0 Å². The first-order valence-electron chi connectivity index (χ1n) is 6.27. The fourth-order valence-corrected chi connectivity index (χ4v) is 2.61. The van der Waals surface area contributed by atoms with E-state index < -0.39 is 0 Å². The van der Waals surface area contributed by atoms with Gasteiger partial charge in [-0.15, -0.1) is 0 Å². The van der Waals surface area contributed by atoms with Crippen molar-refractivity contribution in [1.82, 2.24) is 0 Å². The Morgan fingerprint density at radius 1 is 0.889 bits per heavy atom. The fourth-order valence-electron chi connectivity index (χ4n) is 2.61. The molecule has 90 valence electrons. The van der Waals surface area contributed by atoms with Crippen molar-refractivity contribution in [3.8, 4) is 0 Å². The average Bonchev–Trinajstić information content (AvgIpc) is 2.41. The Morgan fingerprint density at radius 2 is 1.67 bits per heavy atom. The maximum atomic E-state index is 11.9. The molecular formula is C16H14O2. The molecular weight excluding hydrogens is 224 g/mol. The fraction of sp³-hybridized carbons (Fsp3) is 0.250. The Bertz CT molecular complexity index is 628. The van der Waals surface area contributed by atoms with E-state index in [1.165, 1.54) is 0 Å². The van der Waals surface area contributed by atoms with Crippen molar-refractivity contribution < 1.29 is 9.59 Å². The van der Waals surface area contributed by atoms with Crippen molar-refractivity contribution in [3.63, 3.8) is 0 Å². The van der Waals surface area contributed by atoms with Crippen molar-refractivity contribution in [1.29, 1.82) is 0 Å². The largest absolute Gasteiger partial charge is 0.300 e. The van der Waals surface area contributed by atoms with Gasteiger partial charge in [-0.2, -0.15) is 0 Å². The molecule has 1 aliphatic carbocycles. The van der Waals surface area contributed by atoms with Gasteiger partial charge < -0.3 is 0 Å². The Kier molecular flexibility index (Phi) is 2.71. The highest BCUT2D eigenvalue weighted by atomic mass is 16.1. The topological polar surface area (TPSA) is 34.1 Å². The van der Waals surface area contributed by atoms with E-state index in [1.807, 2.05) is 42.5 Å². The van der Waals surface area contributed by atoms with Gasteiger partial charge in [0, 0.05) is 25.2 Å². The molecule has 3 rings (SSSR count). The molecule has 0 bridgehead atoms. The summed E-state index contributed by atoms with van der Waals surface area (Å²) >= 11 is 0. The smallest absolute Gasteiger partial charge is 0.141 e. The second kappa shape index (κ2) is 4.37. The molecule has 2 heteroatoms. The maximum Gasteiger partial charge on any atom is 0.141 e. The molecule has 0 aromatic heterocycles. The summed E-state index contributed by atoms with van der Waals surface area (Å²) < 4.78 is 0. The molecule has 1 saturated carbocycles. The van der Waals surface area contributed by atoms with Gasteiger partial charge in [0.2, 0.25) is 0 Å². The lowest BCUT2D eigenvalue weighted by Gasteiger charge is -2.20. The molecule has 1 fully saturated rings. The quantitative estimate of drug-likeness (QED) is 0.764. The summed E-state index contributed by atoms with van der Waals surface area (Å²) in [5.74, 6) is 0.175. The zero-order chi connectivity index (χ0) is 12.5. The highest BCUT2D eigenvalue weighted by molar-refractivity contribution is 5.98. The Hall–Kier alpha value is -1.96. The minimum Gasteiger partial charge on any atom is -0.300 e. The molecule has 2 nitrogen and oxygen atoms in total. The number of benzene rings is 2. The van der Waals surface area contributed by atoms with Crippen LogP contribution < -0.4 is 0 Å². The molecule has 1 aliphatic rings. The Morgan fingerprint density at radius 3 is 2.50 bits per heavy atom. The van der Waals surface area contributed by atoms with E-state index in [9.17, 15) is 9.59 Å². The molecule has 18 heavy (non-hydrogen) atoms. The van der Waals surface area contributed by atoms with E-state index in [0.717, 1.165) is 16.3 Å². The normalized spacial score (nSPS) is 20.3. The number of fused-ring (bicyclic) bond motifs is 1. The number of rotatable bonds is 1. The van der Waals surface area contributed by atoms with Gasteiger partial charge in [0.1, 0.15) is 11.6 Å². The highest BCUT2D eigenvalue weighted by Gasteiger charge is 2.28. The van der Waals surface area contributed by atoms with Crippen LogP contribution in [0.4, 0.5) is 0 Å². The molecule has 0 heterocycles. The second-order valence-electron chi connectivity index (χ2n) is 4.87. The zero-order valence-electron chi connectivity index (χ0n) is 10.1. The number of carbonyl (C=O) groups excluding carboxylic acids is 2. The molecule has 1 unspecified atom stereocenters. The van der Waals surface area contributed by atoms with Crippen LogP contribution in [0.5, 0.6) is 0 Å². The zero-order valence-corrected chi connectivity index (χ0v) is 10.1. The van der Waals surface area contributed by atoms with Crippen LogP contribution in [-0.4, -0.2) is 11.6 Å². The number of hydrogen-bond donors (Lipinski definition) is 0. The monoisotopic (exact) mass is 238 g/mol. The van der Waals surface area contributed by atoms with E-state index in [4.69, 9.17) is 0 Å². The number of ketones is 2. The van der Waals surface area contributed by atoms with Gasteiger partial charge in [-0.05, 0) is 16.3 Å². The van der Waals surface area contributed by atoms with Gasteiger partial charge in [-0.3, -0.25) is 9.59 Å². The van der Waals surface area contributed by atoms with Crippen LogP contribution in [0, 0.1) is 0 Å². The SMILES string of the molecule is O=C1CCC(=O)C(c2ccc3ccccc3c2)C1. The van der Waals surface area contributed by atoms with Crippen LogP contribution in [0.15, 0.2) is 42.5 Å². The van der Waals surface area contributed by atoms with Crippen molar-refractivity contribution in [2.75, 3.05) is 0 Å². The van der Waals surface area contributed by atoms with E-state index in [1.54, 1.807) is 0 Å². The van der Waals surface area contributed by atoms with Gasteiger partial charge in [-0.1, -0.05) is 42.5 Å². The van der Waals surface area contributed by atoms with Gasteiger partial charge >= 0.3 is 0 Å². The van der Waals surface area contributed by atoms with Crippen LogP contribution in [-0.2, 0) is 9.59 Å². The third kappa shape index (κ3) is 1.94. The molecule has 0 aliphatic heterocycles. The van der Waals surface area contributed by atoms with E-state index in [0.29, 0.717) is 19.3 Å². The Labute approximate surface area is 106 Å². The van der Waals surface area contributed by atoms with Crippen molar-refractivity contribution >= 4 is 22.3 Å². The maximum absolute atomic E-state index is 11.9. The molecule has 0 amide bonds. The summed E-state index contributed by atoms with van der Waals surface area (Å²) in [6.07, 6.45) is 1.19. The minimum atomic E-state index is -0.226. The average molecular weight is 238 g/mol. The predicted octanol–water partition coefficient (Wildman–Crippen LogP) is 3.25. The van der Waals surface area contributed by atoms with Gasteiger partial charge in [0.05, 0.1) is 0 Å². The number of hydrogen-bond acceptors (Lipinski definition) is 2. The summed E-state index contributed by atoms with van der Waals surface area (Å²) in [5, 5.41) is 2.29. The molecule has 0 radical (unpaired) electrons. The van der Waals surface area contributed by atoms with Crippen molar-refractivity contribution in [3.05, 3.63) is 48.0 Å². The molecule has 1 atom stereocenters. The van der Waals surface area contributed by atoms with Crippen LogP contribution in [0.3, 0.4) is 0 Å². The van der Waals surface area contributed by atoms with Crippen molar-refractivity contribution in [2.45, 2.75) is 25.2 Å². The predicted molar refractivity (Wildman–Crippen MR) is 70.6 cm³/mol. The summed E-state index contributed by atoms with van der Waals surface area (Å²) in [4.78, 5) is 23.4. The summed E-state index contributed by atoms with van der Waals surface area (Å²) in [7, 11) is 0. The highest BCUT2D eigenvalue weighted by Crippen LogP contribution is 2.30. The molecule has 2 aromatic carbocycles. The summed E-state index contributed by atoms with van der Waals surface area (Å²) in [5.41, 5.74) is 0.978. The standard InChI is InChI=1S/C16H14O2/c17-14-7-8-16(18)15(10-14)13-6-5-11-3-1-2-4-12(11)9-13/h1-6,9,15H,7-8,10H2.